The maximum absolute atomic E-state index is 12.6. The highest BCUT2D eigenvalue weighted by Gasteiger charge is 2.36. The summed E-state index contributed by atoms with van der Waals surface area (Å²) in [5.74, 6) is -1.19. The molecule has 0 fully saturated rings. The number of hydrogen-bond acceptors (Lipinski definition) is 7. The van der Waals surface area contributed by atoms with E-state index in [9.17, 15) is 9.59 Å². The zero-order chi connectivity index (χ0) is 17.8. The fourth-order valence-corrected chi connectivity index (χ4v) is 2.44. The summed E-state index contributed by atoms with van der Waals surface area (Å²) in [6.07, 6.45) is 4.95. The SMILES string of the molecule is COCCNC1=C(C(=O)OC)C(=O)C(=Cc2c[nH]c3ncccc23)O1. The van der Waals surface area contributed by atoms with Crippen LogP contribution in [0.4, 0.5) is 0 Å². The highest BCUT2D eigenvalue weighted by Crippen LogP contribution is 2.27. The molecule has 25 heavy (non-hydrogen) atoms. The maximum atomic E-state index is 12.6. The van der Waals surface area contributed by atoms with Gasteiger partial charge in [-0.1, -0.05) is 0 Å². The van der Waals surface area contributed by atoms with Gasteiger partial charge in [-0.15, -0.1) is 0 Å². The average molecular weight is 343 g/mol. The number of hydrogen-bond donors (Lipinski definition) is 2. The predicted molar refractivity (Wildman–Crippen MR) is 89.1 cm³/mol. The lowest BCUT2D eigenvalue weighted by molar-refractivity contribution is -0.137. The molecule has 2 N–H and O–H groups in total. The van der Waals surface area contributed by atoms with Crippen molar-refractivity contribution in [3.63, 3.8) is 0 Å². The van der Waals surface area contributed by atoms with Gasteiger partial charge in [0.1, 0.15) is 5.65 Å². The number of H-pyrrole nitrogens is 1. The van der Waals surface area contributed by atoms with Crippen molar-refractivity contribution in [2.24, 2.45) is 0 Å². The summed E-state index contributed by atoms with van der Waals surface area (Å²) in [7, 11) is 2.76. The standard InChI is InChI=1S/C17H17N3O5/c1-23-7-6-19-16-13(17(22)24-2)14(21)12(25-16)8-10-9-20-15-11(10)4-3-5-18-15/h3-5,8-9,19H,6-7H2,1-2H3,(H,18,20). The fraction of sp³-hybridized carbons (Fsp3) is 0.235. The summed E-state index contributed by atoms with van der Waals surface area (Å²) in [6, 6.07) is 3.67. The maximum Gasteiger partial charge on any atom is 0.347 e. The van der Waals surface area contributed by atoms with Crippen LogP contribution in [0.2, 0.25) is 0 Å². The van der Waals surface area contributed by atoms with E-state index < -0.39 is 11.8 Å². The number of ketones is 1. The third-order valence-electron chi connectivity index (χ3n) is 3.64. The van der Waals surface area contributed by atoms with E-state index in [0.717, 1.165) is 10.9 Å². The monoisotopic (exact) mass is 343 g/mol. The van der Waals surface area contributed by atoms with Crippen LogP contribution in [0.5, 0.6) is 0 Å². The molecule has 130 valence electrons. The van der Waals surface area contributed by atoms with Crippen molar-refractivity contribution in [2.45, 2.75) is 0 Å². The number of allylic oxidation sites excluding steroid dienone is 1. The minimum Gasteiger partial charge on any atom is -0.465 e. The molecule has 2 aromatic heterocycles. The largest absolute Gasteiger partial charge is 0.465 e. The van der Waals surface area contributed by atoms with E-state index in [4.69, 9.17) is 9.47 Å². The zero-order valence-electron chi connectivity index (χ0n) is 13.8. The predicted octanol–water partition coefficient (Wildman–Crippen LogP) is 1.12. The highest BCUT2D eigenvalue weighted by atomic mass is 16.5. The Bertz CT molecular complexity index is 881. The van der Waals surface area contributed by atoms with Gasteiger partial charge >= 0.3 is 5.97 Å². The second-order valence-corrected chi connectivity index (χ2v) is 5.20. The van der Waals surface area contributed by atoms with Gasteiger partial charge in [0, 0.05) is 37.0 Å². The van der Waals surface area contributed by atoms with Crippen molar-refractivity contribution >= 4 is 28.9 Å². The van der Waals surface area contributed by atoms with Gasteiger partial charge in [-0.3, -0.25) is 4.79 Å². The number of methoxy groups -OCH3 is 2. The Balaban J connectivity index is 1.92. The third-order valence-corrected chi connectivity index (χ3v) is 3.64. The minimum atomic E-state index is -0.756. The van der Waals surface area contributed by atoms with E-state index in [0.29, 0.717) is 18.8 Å². The molecule has 1 aliphatic rings. The number of aromatic amines is 1. The van der Waals surface area contributed by atoms with Gasteiger partial charge in [0.15, 0.2) is 11.3 Å². The second-order valence-electron chi connectivity index (χ2n) is 5.20. The van der Waals surface area contributed by atoms with E-state index in [2.05, 4.69) is 20.0 Å². The first-order valence-electron chi connectivity index (χ1n) is 7.57. The van der Waals surface area contributed by atoms with Crippen LogP contribution in [-0.4, -0.2) is 49.1 Å². The molecule has 0 saturated carbocycles. The van der Waals surface area contributed by atoms with Crippen LogP contribution < -0.4 is 5.32 Å². The number of fused-ring (bicyclic) bond motifs is 1. The lowest BCUT2D eigenvalue weighted by Gasteiger charge is -2.07. The molecular weight excluding hydrogens is 326 g/mol. The van der Waals surface area contributed by atoms with Gasteiger partial charge in [0.05, 0.1) is 13.7 Å². The second kappa shape index (κ2) is 7.18. The molecule has 8 heteroatoms. The van der Waals surface area contributed by atoms with Gasteiger partial charge in [-0.2, -0.15) is 0 Å². The Morgan fingerprint density at radius 2 is 2.28 bits per heavy atom. The fourth-order valence-electron chi connectivity index (χ4n) is 2.44. The smallest absolute Gasteiger partial charge is 0.347 e. The molecule has 2 aromatic rings. The normalized spacial score (nSPS) is 15.8. The Kier molecular flexibility index (Phi) is 4.80. The summed E-state index contributed by atoms with van der Waals surface area (Å²) in [5, 5.41) is 3.71. The molecule has 0 saturated heterocycles. The summed E-state index contributed by atoms with van der Waals surface area (Å²) in [5.41, 5.74) is 1.26. The van der Waals surface area contributed by atoms with Gasteiger partial charge in [0.25, 0.3) is 0 Å². The zero-order valence-corrected chi connectivity index (χ0v) is 13.8. The van der Waals surface area contributed by atoms with Crippen molar-refractivity contribution in [3.05, 3.63) is 47.3 Å². The van der Waals surface area contributed by atoms with E-state index in [1.54, 1.807) is 31.6 Å². The lowest BCUT2D eigenvalue weighted by Crippen LogP contribution is -2.22. The molecule has 3 rings (SSSR count). The average Bonchev–Trinajstić information content (AvgIpc) is 3.17. The van der Waals surface area contributed by atoms with Gasteiger partial charge < -0.3 is 24.5 Å². The molecule has 3 heterocycles. The number of aromatic nitrogens is 2. The van der Waals surface area contributed by atoms with Crippen LogP contribution in [0.1, 0.15) is 5.56 Å². The lowest BCUT2D eigenvalue weighted by atomic mass is 10.1. The Morgan fingerprint density at radius 1 is 1.44 bits per heavy atom. The van der Waals surface area contributed by atoms with Gasteiger partial charge in [-0.25, -0.2) is 9.78 Å². The molecule has 0 spiro atoms. The number of nitrogens with one attached hydrogen (secondary N) is 2. The van der Waals surface area contributed by atoms with Crippen molar-refractivity contribution in [2.75, 3.05) is 27.4 Å². The van der Waals surface area contributed by atoms with Crippen molar-refractivity contribution < 1.29 is 23.8 Å². The number of rotatable bonds is 6. The van der Waals surface area contributed by atoms with Crippen molar-refractivity contribution in [1.82, 2.24) is 15.3 Å². The van der Waals surface area contributed by atoms with E-state index in [-0.39, 0.29) is 17.2 Å². The van der Waals surface area contributed by atoms with E-state index >= 15 is 0 Å². The molecular formula is C17H17N3O5. The molecule has 0 aliphatic carbocycles. The Labute approximate surface area is 143 Å². The first-order valence-corrected chi connectivity index (χ1v) is 7.57. The number of carbonyl (C=O) groups excluding carboxylic acids is 2. The summed E-state index contributed by atoms with van der Waals surface area (Å²) < 4.78 is 15.2. The molecule has 0 atom stereocenters. The van der Waals surface area contributed by atoms with E-state index in [1.807, 2.05) is 6.07 Å². The number of carbonyl (C=O) groups is 2. The van der Waals surface area contributed by atoms with Crippen molar-refractivity contribution in [1.29, 1.82) is 0 Å². The molecule has 1 aliphatic heterocycles. The first-order chi connectivity index (χ1) is 12.2. The topological polar surface area (TPSA) is 103 Å². The summed E-state index contributed by atoms with van der Waals surface area (Å²) >= 11 is 0. The quantitative estimate of drug-likeness (QED) is 0.351. The molecule has 0 unspecified atom stereocenters. The number of Topliss-reactive ketones (excluding diaryl/α,β-unsaturated/α-hetero) is 1. The molecule has 8 nitrogen and oxygen atoms in total. The van der Waals surface area contributed by atoms with Crippen LogP contribution in [0.3, 0.4) is 0 Å². The molecule has 0 aromatic carbocycles. The Morgan fingerprint density at radius 3 is 3.04 bits per heavy atom. The minimum absolute atomic E-state index is 0.0325. The molecule has 0 radical (unpaired) electrons. The van der Waals surface area contributed by atoms with Crippen LogP contribution in [0, 0.1) is 0 Å². The third kappa shape index (κ3) is 3.24. The molecule has 0 amide bonds. The summed E-state index contributed by atoms with van der Waals surface area (Å²) in [4.78, 5) is 31.7. The van der Waals surface area contributed by atoms with Gasteiger partial charge in [-0.05, 0) is 18.2 Å². The Hall–Kier alpha value is -3.13. The van der Waals surface area contributed by atoms with Crippen LogP contribution in [-0.2, 0) is 23.8 Å². The summed E-state index contributed by atoms with van der Waals surface area (Å²) in [6.45, 7) is 0.770. The first kappa shape index (κ1) is 16.7. The number of pyridine rings is 1. The number of nitrogens with zero attached hydrogens (tertiary/aromatic N) is 1. The van der Waals surface area contributed by atoms with E-state index in [1.165, 1.54) is 7.11 Å². The van der Waals surface area contributed by atoms with Crippen LogP contribution >= 0.6 is 0 Å². The molecule has 0 bridgehead atoms. The number of esters is 1. The van der Waals surface area contributed by atoms with Gasteiger partial charge in [0.2, 0.25) is 11.7 Å². The highest BCUT2D eigenvalue weighted by molar-refractivity contribution is 6.26. The number of ether oxygens (including phenoxy) is 3. The van der Waals surface area contributed by atoms with Crippen molar-refractivity contribution in [3.8, 4) is 0 Å². The van der Waals surface area contributed by atoms with Crippen LogP contribution in [0.15, 0.2) is 41.7 Å². The van der Waals surface area contributed by atoms with Crippen LogP contribution in [0.25, 0.3) is 17.1 Å².